The quantitative estimate of drug-likeness (QED) is 0.713. The van der Waals surface area contributed by atoms with Gasteiger partial charge in [-0.1, -0.05) is 41.9 Å². The van der Waals surface area contributed by atoms with Gasteiger partial charge in [-0.25, -0.2) is 0 Å². The minimum absolute atomic E-state index is 0.0561. The largest absolute Gasteiger partial charge is 0.488 e. The molecule has 1 saturated heterocycles. The Morgan fingerprint density at radius 2 is 1.96 bits per heavy atom. The first kappa shape index (κ1) is 18.1. The highest BCUT2D eigenvalue weighted by Crippen LogP contribution is 2.35. The van der Waals surface area contributed by atoms with Crippen molar-refractivity contribution >= 4 is 22.5 Å². The van der Waals surface area contributed by atoms with E-state index in [-0.39, 0.29) is 11.7 Å². The van der Waals surface area contributed by atoms with Gasteiger partial charge in [-0.3, -0.25) is 4.79 Å². The van der Waals surface area contributed by atoms with Crippen LogP contribution in [-0.2, 0) is 0 Å². The summed E-state index contributed by atoms with van der Waals surface area (Å²) in [5.41, 5.74) is 1.97. The van der Waals surface area contributed by atoms with Crippen LogP contribution in [-0.4, -0.2) is 36.1 Å². The number of hydrogen-bond donors (Lipinski definition) is 1. The number of ether oxygens (including phenoxy) is 1. The summed E-state index contributed by atoms with van der Waals surface area (Å²) in [6.45, 7) is 1.94. The fourth-order valence-corrected chi connectivity index (χ4v) is 3.95. The summed E-state index contributed by atoms with van der Waals surface area (Å²) >= 11 is 6.14. The Morgan fingerprint density at radius 3 is 2.78 bits per heavy atom. The number of fused-ring (bicyclic) bond motifs is 1. The average molecular weight is 383 g/mol. The number of likely N-dealkylation sites (N-methyl/N-ethyl adjacent to an activating group) is 1. The Balaban J connectivity index is 1.88. The molecule has 0 aliphatic carbocycles. The fraction of sp³-hybridized carbons (Fsp3) is 0.318. The maximum absolute atomic E-state index is 13.0. The van der Waals surface area contributed by atoms with Crippen LogP contribution in [0, 0.1) is 0 Å². The van der Waals surface area contributed by atoms with Gasteiger partial charge < -0.3 is 14.6 Å². The lowest BCUT2D eigenvalue weighted by molar-refractivity contribution is 0.158. The minimum atomic E-state index is -0.159. The van der Waals surface area contributed by atoms with Crippen molar-refractivity contribution in [1.82, 2.24) is 9.88 Å². The molecular formula is C22H23ClN2O2. The van der Waals surface area contributed by atoms with E-state index in [2.05, 4.69) is 16.9 Å². The highest BCUT2D eigenvalue weighted by molar-refractivity contribution is 6.31. The molecule has 5 heteroatoms. The lowest BCUT2D eigenvalue weighted by Crippen LogP contribution is -2.31. The number of pyridine rings is 1. The molecule has 0 radical (unpaired) electrons. The molecule has 3 aromatic rings. The number of H-pyrrole nitrogens is 1. The molecule has 4 rings (SSSR count). The molecule has 1 atom stereocenters. The van der Waals surface area contributed by atoms with Crippen LogP contribution < -0.4 is 10.3 Å². The molecule has 1 N–H and O–H groups in total. The Labute approximate surface area is 163 Å². The molecule has 1 unspecified atom stereocenters. The van der Waals surface area contributed by atoms with E-state index in [4.69, 9.17) is 16.3 Å². The van der Waals surface area contributed by atoms with Crippen molar-refractivity contribution in [1.29, 1.82) is 0 Å². The van der Waals surface area contributed by atoms with E-state index in [0.29, 0.717) is 21.9 Å². The van der Waals surface area contributed by atoms with Crippen molar-refractivity contribution < 1.29 is 4.74 Å². The SMILES string of the molecule is CN1CCCCC(Oc2c(-c3ccccc3)c(=O)[nH]c3cc(Cl)ccc23)C1. The van der Waals surface area contributed by atoms with Crippen LogP contribution in [0.5, 0.6) is 5.75 Å². The van der Waals surface area contributed by atoms with Crippen LogP contribution in [0.25, 0.3) is 22.0 Å². The first-order valence-corrected chi connectivity index (χ1v) is 9.76. The van der Waals surface area contributed by atoms with E-state index in [9.17, 15) is 4.79 Å². The molecule has 0 bridgehead atoms. The van der Waals surface area contributed by atoms with Crippen LogP contribution in [0.2, 0.25) is 5.02 Å². The van der Waals surface area contributed by atoms with Crippen LogP contribution >= 0.6 is 11.6 Å². The second kappa shape index (κ2) is 7.75. The normalized spacial score (nSPS) is 18.4. The molecule has 1 aliphatic heterocycles. The Kier molecular flexibility index (Phi) is 5.19. The zero-order valence-electron chi connectivity index (χ0n) is 15.4. The molecule has 0 amide bonds. The lowest BCUT2D eigenvalue weighted by Gasteiger charge is -2.23. The molecule has 0 saturated carbocycles. The van der Waals surface area contributed by atoms with E-state index < -0.39 is 0 Å². The average Bonchev–Trinajstić information content (AvgIpc) is 2.86. The summed E-state index contributed by atoms with van der Waals surface area (Å²) in [5.74, 6) is 0.650. The van der Waals surface area contributed by atoms with Gasteiger partial charge in [-0.05, 0) is 56.6 Å². The Morgan fingerprint density at radius 1 is 1.15 bits per heavy atom. The van der Waals surface area contributed by atoms with Gasteiger partial charge in [0.25, 0.3) is 5.56 Å². The third-order valence-corrected chi connectivity index (χ3v) is 5.34. The van der Waals surface area contributed by atoms with Gasteiger partial charge in [0.05, 0.1) is 11.1 Å². The van der Waals surface area contributed by atoms with E-state index in [1.54, 1.807) is 6.07 Å². The van der Waals surface area contributed by atoms with Gasteiger partial charge in [0.1, 0.15) is 11.9 Å². The van der Waals surface area contributed by atoms with Gasteiger partial charge in [0, 0.05) is 17.0 Å². The van der Waals surface area contributed by atoms with Gasteiger partial charge in [-0.15, -0.1) is 0 Å². The van der Waals surface area contributed by atoms with E-state index in [0.717, 1.165) is 36.9 Å². The Hall–Kier alpha value is -2.30. The van der Waals surface area contributed by atoms with Crippen molar-refractivity contribution in [3.05, 3.63) is 63.9 Å². The van der Waals surface area contributed by atoms with Crippen molar-refractivity contribution in [2.24, 2.45) is 0 Å². The number of halogens is 1. The first-order valence-electron chi connectivity index (χ1n) is 9.38. The number of hydrogen-bond acceptors (Lipinski definition) is 3. The summed E-state index contributed by atoms with van der Waals surface area (Å²) in [7, 11) is 2.12. The highest BCUT2D eigenvalue weighted by Gasteiger charge is 2.22. The summed E-state index contributed by atoms with van der Waals surface area (Å²) in [5, 5.41) is 1.47. The molecule has 1 aliphatic rings. The van der Waals surface area contributed by atoms with Gasteiger partial charge in [-0.2, -0.15) is 0 Å². The monoisotopic (exact) mass is 382 g/mol. The van der Waals surface area contributed by atoms with Crippen molar-refractivity contribution in [3.63, 3.8) is 0 Å². The smallest absolute Gasteiger partial charge is 0.260 e. The summed E-state index contributed by atoms with van der Waals surface area (Å²) in [4.78, 5) is 18.2. The number of rotatable bonds is 3. The molecule has 140 valence electrons. The lowest BCUT2D eigenvalue weighted by atomic mass is 10.0. The summed E-state index contributed by atoms with van der Waals surface area (Å²) in [6, 6.07) is 15.2. The second-order valence-electron chi connectivity index (χ2n) is 7.21. The number of nitrogens with one attached hydrogen (secondary N) is 1. The second-order valence-corrected chi connectivity index (χ2v) is 7.65. The zero-order chi connectivity index (χ0) is 18.8. The van der Waals surface area contributed by atoms with Gasteiger partial charge in [0.15, 0.2) is 0 Å². The molecule has 2 aromatic carbocycles. The van der Waals surface area contributed by atoms with Gasteiger partial charge >= 0.3 is 0 Å². The summed E-state index contributed by atoms with van der Waals surface area (Å²) in [6.07, 6.45) is 3.34. The standard InChI is InChI=1S/C22H23ClN2O2/c1-25-12-6-5-9-17(14-25)27-21-18-11-10-16(23)13-19(18)24-22(26)20(21)15-7-3-2-4-8-15/h2-4,7-8,10-11,13,17H,5-6,9,12,14H2,1H3,(H,24,26). The van der Waals surface area contributed by atoms with Gasteiger partial charge in [0.2, 0.25) is 0 Å². The van der Waals surface area contributed by atoms with Crippen LogP contribution in [0.4, 0.5) is 0 Å². The van der Waals surface area contributed by atoms with Crippen molar-refractivity contribution in [2.75, 3.05) is 20.1 Å². The fourth-order valence-electron chi connectivity index (χ4n) is 3.78. The maximum Gasteiger partial charge on any atom is 0.260 e. The van der Waals surface area contributed by atoms with Crippen LogP contribution in [0.1, 0.15) is 19.3 Å². The molecule has 4 nitrogen and oxygen atoms in total. The zero-order valence-corrected chi connectivity index (χ0v) is 16.1. The topological polar surface area (TPSA) is 45.3 Å². The minimum Gasteiger partial charge on any atom is -0.488 e. The third-order valence-electron chi connectivity index (χ3n) is 5.11. The molecule has 2 heterocycles. The molecule has 1 aromatic heterocycles. The number of nitrogens with zero attached hydrogens (tertiary/aromatic N) is 1. The number of aromatic nitrogens is 1. The van der Waals surface area contributed by atoms with E-state index >= 15 is 0 Å². The van der Waals surface area contributed by atoms with Crippen LogP contribution in [0.15, 0.2) is 53.3 Å². The molecule has 1 fully saturated rings. The maximum atomic E-state index is 13.0. The molecule has 27 heavy (non-hydrogen) atoms. The molecular weight excluding hydrogens is 360 g/mol. The predicted octanol–water partition coefficient (Wildman–Crippen LogP) is 4.71. The molecule has 0 spiro atoms. The highest BCUT2D eigenvalue weighted by atomic mass is 35.5. The van der Waals surface area contributed by atoms with E-state index in [1.807, 2.05) is 42.5 Å². The third kappa shape index (κ3) is 3.87. The van der Waals surface area contributed by atoms with Crippen molar-refractivity contribution in [3.8, 4) is 16.9 Å². The van der Waals surface area contributed by atoms with Crippen molar-refractivity contribution in [2.45, 2.75) is 25.4 Å². The number of benzene rings is 2. The Bertz CT molecular complexity index is 1000. The summed E-state index contributed by atoms with van der Waals surface area (Å²) < 4.78 is 6.52. The number of likely N-dealkylation sites (tertiary alicyclic amines) is 1. The first-order chi connectivity index (χ1) is 13.1. The predicted molar refractivity (Wildman–Crippen MR) is 111 cm³/mol. The van der Waals surface area contributed by atoms with E-state index in [1.165, 1.54) is 6.42 Å². The van der Waals surface area contributed by atoms with Crippen LogP contribution in [0.3, 0.4) is 0 Å². The number of aromatic amines is 1.